The van der Waals surface area contributed by atoms with Crippen molar-refractivity contribution in [3.05, 3.63) is 66.8 Å². The summed E-state index contributed by atoms with van der Waals surface area (Å²) in [5.41, 5.74) is 5.77. The first-order valence-electron chi connectivity index (χ1n) is 11.3. The molecular weight excluding hydrogens is 416 g/mol. The van der Waals surface area contributed by atoms with E-state index in [-0.39, 0.29) is 0 Å². The van der Waals surface area contributed by atoms with Crippen LogP contribution in [-0.2, 0) is 13.1 Å². The second kappa shape index (κ2) is 8.32. The summed E-state index contributed by atoms with van der Waals surface area (Å²) < 4.78 is 11.2. The second-order valence-electron chi connectivity index (χ2n) is 8.74. The lowest BCUT2D eigenvalue weighted by Gasteiger charge is -2.25. The number of hydrogen-bond donors (Lipinski definition) is 1. The van der Waals surface area contributed by atoms with E-state index in [9.17, 15) is 0 Å². The van der Waals surface area contributed by atoms with Gasteiger partial charge in [-0.25, -0.2) is 14.6 Å². The van der Waals surface area contributed by atoms with Crippen LogP contribution in [0.25, 0.3) is 22.4 Å². The Bertz CT molecular complexity index is 1410. The fraction of sp³-hybridized carbons (Fsp3) is 0.333. The molecule has 9 heteroatoms. The Balaban J connectivity index is 1.19. The molecule has 0 spiro atoms. The van der Waals surface area contributed by atoms with Gasteiger partial charge >= 0.3 is 0 Å². The number of methoxy groups -OCH3 is 1. The second-order valence-corrected chi connectivity index (χ2v) is 8.74. The van der Waals surface area contributed by atoms with Crippen LogP contribution in [0.1, 0.15) is 30.5 Å². The Morgan fingerprint density at radius 2 is 2.06 bits per heavy atom. The first-order chi connectivity index (χ1) is 16.2. The molecule has 5 heterocycles. The zero-order valence-corrected chi connectivity index (χ0v) is 18.6. The van der Waals surface area contributed by atoms with Crippen LogP contribution in [0.4, 0.5) is 0 Å². The van der Waals surface area contributed by atoms with Gasteiger partial charge in [0, 0.05) is 24.5 Å². The molecule has 1 aliphatic rings. The quantitative estimate of drug-likeness (QED) is 0.397. The smallest absolute Gasteiger partial charge is 0.137 e. The number of imidazole rings is 2. The summed E-state index contributed by atoms with van der Waals surface area (Å²) in [7, 11) is 1.65. The molecular formula is C24H26N8O. The molecule has 6 rings (SSSR count). The van der Waals surface area contributed by atoms with Gasteiger partial charge < -0.3 is 18.9 Å². The van der Waals surface area contributed by atoms with Crippen molar-refractivity contribution in [3.63, 3.8) is 0 Å². The van der Waals surface area contributed by atoms with E-state index in [2.05, 4.69) is 49.5 Å². The minimum atomic E-state index is 0.545. The average Bonchev–Trinajstić information content (AvgIpc) is 3.53. The monoisotopic (exact) mass is 442 g/mol. The van der Waals surface area contributed by atoms with Crippen molar-refractivity contribution in [1.29, 1.82) is 0 Å². The fourth-order valence-corrected chi connectivity index (χ4v) is 4.38. The lowest BCUT2D eigenvalue weighted by molar-refractivity contribution is 0.301. The van der Waals surface area contributed by atoms with E-state index in [4.69, 9.17) is 9.72 Å². The van der Waals surface area contributed by atoms with Crippen molar-refractivity contribution in [2.75, 3.05) is 13.7 Å². The summed E-state index contributed by atoms with van der Waals surface area (Å²) in [6, 6.07) is 6.17. The summed E-state index contributed by atoms with van der Waals surface area (Å²) in [5.74, 6) is 1.60. The molecule has 5 aromatic rings. The van der Waals surface area contributed by atoms with Gasteiger partial charge in [-0.3, -0.25) is 0 Å². The van der Waals surface area contributed by atoms with Crippen LogP contribution in [-0.4, -0.2) is 47.4 Å². The lowest BCUT2D eigenvalue weighted by atomic mass is 9.85. The molecule has 0 radical (unpaired) electrons. The zero-order chi connectivity index (χ0) is 22.2. The number of hydrogen-bond acceptors (Lipinski definition) is 6. The van der Waals surface area contributed by atoms with E-state index in [1.54, 1.807) is 13.4 Å². The maximum Gasteiger partial charge on any atom is 0.137 e. The molecule has 0 saturated heterocycles. The first-order valence-corrected chi connectivity index (χ1v) is 11.3. The highest BCUT2D eigenvalue weighted by atomic mass is 16.5. The van der Waals surface area contributed by atoms with Crippen LogP contribution >= 0.6 is 0 Å². The Hall–Kier alpha value is -3.72. The summed E-state index contributed by atoms with van der Waals surface area (Å²) in [6.45, 7) is 2.54. The number of fused-ring (bicyclic) bond motifs is 2. The van der Waals surface area contributed by atoms with Gasteiger partial charge in [-0.15, -0.1) is 5.10 Å². The number of nitrogens with zero attached hydrogens (tertiary/aromatic N) is 7. The molecule has 0 atom stereocenters. The maximum absolute atomic E-state index is 5.42. The van der Waals surface area contributed by atoms with E-state index in [1.807, 2.05) is 33.7 Å². The van der Waals surface area contributed by atoms with Crippen molar-refractivity contribution >= 4 is 11.2 Å². The third kappa shape index (κ3) is 3.95. The highest BCUT2D eigenvalue weighted by Crippen LogP contribution is 2.27. The van der Waals surface area contributed by atoms with Crippen LogP contribution < -0.4 is 10.1 Å². The highest BCUT2D eigenvalue weighted by molar-refractivity contribution is 5.78. The van der Waals surface area contributed by atoms with Gasteiger partial charge in [-0.05, 0) is 43.0 Å². The molecule has 0 unspecified atom stereocenters. The van der Waals surface area contributed by atoms with Crippen LogP contribution in [0.3, 0.4) is 0 Å². The van der Waals surface area contributed by atoms with Gasteiger partial charge in [-0.1, -0.05) is 17.7 Å². The van der Waals surface area contributed by atoms with Gasteiger partial charge in [0.05, 0.1) is 49.8 Å². The predicted octanol–water partition coefficient (Wildman–Crippen LogP) is 3.19. The molecule has 0 amide bonds. The molecule has 5 aromatic heterocycles. The standard InChI is InChI=1S/C24H26N8O/c1-33-20-7-21(23-10-26-16-31(23)14-20)22-15-32(29-28-22)13-19-12-30-11-18(5-6-24(30)27-19)9-25-8-17-3-2-4-17/h5-7,10-12,14-17,25H,2-4,8-9,13H2,1H3. The summed E-state index contributed by atoms with van der Waals surface area (Å²) >= 11 is 0. The van der Waals surface area contributed by atoms with Crippen molar-refractivity contribution in [2.45, 2.75) is 32.4 Å². The normalized spacial score (nSPS) is 14.2. The van der Waals surface area contributed by atoms with E-state index < -0.39 is 0 Å². The van der Waals surface area contributed by atoms with E-state index >= 15 is 0 Å². The van der Waals surface area contributed by atoms with E-state index in [0.717, 1.165) is 52.9 Å². The van der Waals surface area contributed by atoms with Gasteiger partial charge in [0.1, 0.15) is 17.1 Å². The molecule has 1 N–H and O–H groups in total. The van der Waals surface area contributed by atoms with Gasteiger partial charge in [0.15, 0.2) is 0 Å². The third-order valence-corrected chi connectivity index (χ3v) is 6.42. The number of nitrogens with one attached hydrogen (secondary N) is 1. The molecule has 1 aliphatic carbocycles. The van der Waals surface area contributed by atoms with Crippen LogP contribution in [0.5, 0.6) is 5.75 Å². The maximum atomic E-state index is 5.42. The van der Waals surface area contributed by atoms with Crippen LogP contribution in [0, 0.1) is 5.92 Å². The molecule has 1 saturated carbocycles. The van der Waals surface area contributed by atoms with Crippen molar-refractivity contribution < 1.29 is 4.74 Å². The number of rotatable bonds is 8. The fourth-order valence-electron chi connectivity index (χ4n) is 4.38. The van der Waals surface area contributed by atoms with Gasteiger partial charge in [-0.2, -0.15) is 0 Å². The summed E-state index contributed by atoms with van der Waals surface area (Å²) in [4.78, 5) is 8.99. The molecule has 168 valence electrons. The topological polar surface area (TPSA) is 86.6 Å². The summed E-state index contributed by atoms with van der Waals surface area (Å²) in [6.07, 6.45) is 15.7. The van der Waals surface area contributed by atoms with E-state index in [0.29, 0.717) is 6.54 Å². The first kappa shape index (κ1) is 19.9. The molecule has 0 aliphatic heterocycles. The Labute approximate surface area is 191 Å². The SMILES string of the molecule is COc1cc(-c2cn(Cc3cn4cc(CNCC5CCC5)ccc4n3)nn2)c2cncn2c1. The third-order valence-electron chi connectivity index (χ3n) is 6.42. The highest BCUT2D eigenvalue weighted by Gasteiger charge is 2.16. The van der Waals surface area contributed by atoms with Crippen LogP contribution in [0.15, 0.2) is 55.5 Å². The predicted molar refractivity (Wildman–Crippen MR) is 124 cm³/mol. The van der Waals surface area contributed by atoms with E-state index in [1.165, 1.54) is 24.8 Å². The number of pyridine rings is 2. The zero-order valence-electron chi connectivity index (χ0n) is 18.6. The minimum Gasteiger partial charge on any atom is -0.495 e. The lowest BCUT2D eigenvalue weighted by Crippen LogP contribution is -2.26. The number of aromatic nitrogens is 7. The van der Waals surface area contributed by atoms with Gasteiger partial charge in [0.25, 0.3) is 0 Å². The average molecular weight is 443 g/mol. The largest absolute Gasteiger partial charge is 0.495 e. The van der Waals surface area contributed by atoms with Crippen molar-refractivity contribution in [1.82, 2.24) is 39.1 Å². The molecule has 0 bridgehead atoms. The Morgan fingerprint density at radius 1 is 1.12 bits per heavy atom. The van der Waals surface area contributed by atoms with Crippen molar-refractivity contribution in [3.8, 4) is 17.0 Å². The number of ether oxygens (including phenoxy) is 1. The Kier molecular flexibility index (Phi) is 5.03. The Morgan fingerprint density at radius 3 is 2.91 bits per heavy atom. The molecule has 33 heavy (non-hydrogen) atoms. The van der Waals surface area contributed by atoms with Crippen molar-refractivity contribution in [2.24, 2.45) is 5.92 Å². The summed E-state index contributed by atoms with van der Waals surface area (Å²) in [5, 5.41) is 12.3. The minimum absolute atomic E-state index is 0.545. The van der Waals surface area contributed by atoms with Gasteiger partial charge in [0.2, 0.25) is 0 Å². The molecule has 0 aromatic carbocycles. The molecule has 1 fully saturated rings. The van der Waals surface area contributed by atoms with Crippen LogP contribution in [0.2, 0.25) is 0 Å². The molecule has 9 nitrogen and oxygen atoms in total.